The number of hydrogen-bond donors (Lipinski definition) is 0. The maximum absolute atomic E-state index is 12.4. The Kier molecular flexibility index (Phi) is 4.27. The number of esters is 1. The first-order chi connectivity index (χ1) is 12.7. The number of fused-ring (bicyclic) bond motifs is 2. The molecule has 0 radical (unpaired) electrons. The van der Waals surface area contributed by atoms with Crippen LogP contribution in [-0.2, 0) is 4.74 Å². The van der Waals surface area contributed by atoms with E-state index < -0.39 is 5.97 Å². The van der Waals surface area contributed by atoms with Gasteiger partial charge in [-0.1, -0.05) is 36.4 Å². The van der Waals surface area contributed by atoms with Crippen molar-refractivity contribution in [2.24, 2.45) is 0 Å². The summed E-state index contributed by atoms with van der Waals surface area (Å²) in [7, 11) is 0. The van der Waals surface area contributed by atoms with Crippen molar-refractivity contribution in [1.29, 1.82) is 0 Å². The van der Waals surface area contributed by atoms with Gasteiger partial charge in [0.15, 0.2) is 23.9 Å². The summed E-state index contributed by atoms with van der Waals surface area (Å²) in [6.07, 6.45) is 0. The monoisotopic (exact) mass is 348 g/mol. The Labute approximate surface area is 150 Å². The average Bonchev–Trinajstić information content (AvgIpc) is 2.71. The van der Waals surface area contributed by atoms with Gasteiger partial charge in [-0.25, -0.2) is 4.79 Å². The number of carbonyl (C=O) groups excluding carboxylic acids is 2. The maximum Gasteiger partial charge on any atom is 0.339 e. The smallest absolute Gasteiger partial charge is 0.339 e. The van der Waals surface area contributed by atoms with Crippen LogP contribution in [-0.4, -0.2) is 31.6 Å². The van der Waals surface area contributed by atoms with Gasteiger partial charge in [0.2, 0.25) is 0 Å². The van der Waals surface area contributed by atoms with Crippen molar-refractivity contribution in [2.75, 3.05) is 19.8 Å². The van der Waals surface area contributed by atoms with Gasteiger partial charge >= 0.3 is 5.97 Å². The highest BCUT2D eigenvalue weighted by molar-refractivity contribution is 6.06. The first-order valence-corrected chi connectivity index (χ1v) is 8.30. The normalized spacial score (nSPS) is 12.6. The van der Waals surface area contributed by atoms with Crippen LogP contribution in [0.1, 0.15) is 20.7 Å². The summed E-state index contributed by atoms with van der Waals surface area (Å²) >= 11 is 0. The molecule has 0 bridgehead atoms. The van der Waals surface area contributed by atoms with Crippen LogP contribution in [0.25, 0.3) is 10.8 Å². The van der Waals surface area contributed by atoms with E-state index in [1.165, 1.54) is 0 Å². The first kappa shape index (κ1) is 16.1. The van der Waals surface area contributed by atoms with Gasteiger partial charge in [0.05, 0.1) is 5.56 Å². The fourth-order valence-electron chi connectivity index (χ4n) is 2.91. The molecule has 0 amide bonds. The molecule has 1 aliphatic rings. The van der Waals surface area contributed by atoms with Crippen molar-refractivity contribution in [3.63, 3.8) is 0 Å². The predicted molar refractivity (Wildman–Crippen MR) is 96.0 cm³/mol. The van der Waals surface area contributed by atoms with Gasteiger partial charge in [-0.15, -0.1) is 0 Å². The molecule has 0 saturated heterocycles. The fourth-order valence-corrected chi connectivity index (χ4v) is 2.91. The van der Waals surface area contributed by atoms with E-state index in [2.05, 4.69) is 0 Å². The van der Waals surface area contributed by atoms with Gasteiger partial charge < -0.3 is 14.2 Å². The molecule has 0 aromatic heterocycles. The zero-order valence-electron chi connectivity index (χ0n) is 13.9. The molecule has 3 aromatic rings. The minimum absolute atomic E-state index is 0.296. The molecule has 0 unspecified atom stereocenters. The van der Waals surface area contributed by atoms with E-state index in [-0.39, 0.29) is 12.4 Å². The van der Waals surface area contributed by atoms with Gasteiger partial charge in [0.1, 0.15) is 13.2 Å². The number of benzene rings is 3. The number of hydrogen-bond acceptors (Lipinski definition) is 5. The maximum atomic E-state index is 12.4. The van der Waals surface area contributed by atoms with Gasteiger partial charge in [-0.2, -0.15) is 0 Å². The highest BCUT2D eigenvalue weighted by Crippen LogP contribution is 2.30. The van der Waals surface area contributed by atoms with Crippen molar-refractivity contribution in [2.45, 2.75) is 0 Å². The second-order valence-electron chi connectivity index (χ2n) is 5.88. The van der Waals surface area contributed by atoms with E-state index in [0.29, 0.717) is 35.8 Å². The van der Waals surface area contributed by atoms with Crippen LogP contribution in [0.4, 0.5) is 0 Å². The highest BCUT2D eigenvalue weighted by atomic mass is 16.6. The molecule has 0 saturated carbocycles. The molecule has 5 heteroatoms. The second-order valence-corrected chi connectivity index (χ2v) is 5.88. The van der Waals surface area contributed by atoms with Crippen LogP contribution < -0.4 is 9.47 Å². The number of Topliss-reactive ketones (excluding diaryl/α,β-unsaturated/α-hetero) is 1. The molecule has 1 heterocycles. The molecular weight excluding hydrogens is 332 g/mol. The topological polar surface area (TPSA) is 61.8 Å². The summed E-state index contributed by atoms with van der Waals surface area (Å²) in [5.74, 6) is 0.325. The summed E-state index contributed by atoms with van der Waals surface area (Å²) in [5, 5.41) is 1.74. The average molecular weight is 348 g/mol. The van der Waals surface area contributed by atoms with E-state index in [1.54, 1.807) is 30.3 Å². The number of carbonyl (C=O) groups is 2. The van der Waals surface area contributed by atoms with Crippen molar-refractivity contribution in [3.05, 3.63) is 71.8 Å². The summed E-state index contributed by atoms with van der Waals surface area (Å²) < 4.78 is 16.1. The van der Waals surface area contributed by atoms with Gasteiger partial charge in [0, 0.05) is 5.56 Å². The summed E-state index contributed by atoms with van der Waals surface area (Å²) in [5.41, 5.74) is 0.859. The van der Waals surface area contributed by atoms with E-state index >= 15 is 0 Å². The Balaban J connectivity index is 1.48. The third kappa shape index (κ3) is 3.11. The second kappa shape index (κ2) is 6.88. The number of rotatable bonds is 4. The van der Waals surface area contributed by atoms with Gasteiger partial charge in [-0.05, 0) is 35.0 Å². The lowest BCUT2D eigenvalue weighted by Gasteiger charge is -2.18. The van der Waals surface area contributed by atoms with Crippen LogP contribution in [0, 0.1) is 0 Å². The molecule has 0 fully saturated rings. The standard InChI is InChI=1S/C21H16O5/c22-18(15-8-9-19-20(12-15)25-11-10-24-19)13-26-21(23)17-7-3-5-14-4-1-2-6-16(14)17/h1-9,12H,10-11,13H2. The molecule has 130 valence electrons. The van der Waals surface area contributed by atoms with Crippen molar-refractivity contribution in [3.8, 4) is 11.5 Å². The Morgan fingerprint density at radius 2 is 1.65 bits per heavy atom. The predicted octanol–water partition coefficient (Wildman–Crippen LogP) is 3.65. The molecule has 3 aromatic carbocycles. The van der Waals surface area contributed by atoms with Crippen molar-refractivity contribution < 1.29 is 23.8 Å². The molecular formula is C21H16O5. The van der Waals surface area contributed by atoms with E-state index in [4.69, 9.17) is 14.2 Å². The third-order valence-corrected chi connectivity index (χ3v) is 4.21. The molecule has 0 N–H and O–H groups in total. The lowest BCUT2D eigenvalue weighted by molar-refractivity contribution is 0.0476. The Hall–Kier alpha value is -3.34. The van der Waals surface area contributed by atoms with E-state index in [9.17, 15) is 9.59 Å². The first-order valence-electron chi connectivity index (χ1n) is 8.30. The molecule has 1 aliphatic heterocycles. The van der Waals surface area contributed by atoms with Crippen LogP contribution in [0.5, 0.6) is 11.5 Å². The molecule has 0 atom stereocenters. The van der Waals surface area contributed by atoms with Crippen LogP contribution in [0.2, 0.25) is 0 Å². The molecule has 0 spiro atoms. The van der Waals surface area contributed by atoms with Gasteiger partial charge in [-0.3, -0.25) is 4.79 Å². The molecule has 4 rings (SSSR count). The quantitative estimate of drug-likeness (QED) is 0.532. The number of ether oxygens (including phenoxy) is 3. The summed E-state index contributed by atoms with van der Waals surface area (Å²) in [4.78, 5) is 24.8. The number of ketones is 1. The van der Waals surface area contributed by atoms with Crippen molar-refractivity contribution in [1.82, 2.24) is 0 Å². The minimum atomic E-state index is -0.521. The lowest BCUT2D eigenvalue weighted by atomic mass is 10.0. The molecule has 5 nitrogen and oxygen atoms in total. The Morgan fingerprint density at radius 3 is 2.54 bits per heavy atom. The van der Waals surface area contributed by atoms with Crippen LogP contribution in [0.3, 0.4) is 0 Å². The lowest BCUT2D eigenvalue weighted by Crippen LogP contribution is -2.17. The molecule has 26 heavy (non-hydrogen) atoms. The highest BCUT2D eigenvalue weighted by Gasteiger charge is 2.17. The van der Waals surface area contributed by atoms with E-state index in [0.717, 1.165) is 10.8 Å². The van der Waals surface area contributed by atoms with Gasteiger partial charge in [0.25, 0.3) is 0 Å². The minimum Gasteiger partial charge on any atom is -0.486 e. The molecule has 0 aliphatic carbocycles. The summed E-state index contributed by atoms with van der Waals surface area (Å²) in [6.45, 7) is 0.603. The third-order valence-electron chi connectivity index (χ3n) is 4.21. The van der Waals surface area contributed by atoms with Crippen LogP contribution >= 0.6 is 0 Å². The Bertz CT molecular complexity index is 987. The van der Waals surface area contributed by atoms with Crippen molar-refractivity contribution >= 4 is 22.5 Å². The Morgan fingerprint density at radius 1 is 0.885 bits per heavy atom. The largest absolute Gasteiger partial charge is 0.486 e. The zero-order valence-corrected chi connectivity index (χ0v) is 13.9. The fraction of sp³-hybridized carbons (Fsp3) is 0.143. The summed E-state index contributed by atoms with van der Waals surface area (Å²) in [6, 6.07) is 17.9. The SMILES string of the molecule is O=C(COC(=O)c1cccc2ccccc12)c1ccc2c(c1)OCCO2. The van der Waals surface area contributed by atoms with Crippen LogP contribution in [0.15, 0.2) is 60.7 Å². The van der Waals surface area contributed by atoms with E-state index in [1.807, 2.05) is 30.3 Å². The zero-order chi connectivity index (χ0) is 17.9.